The third kappa shape index (κ3) is 3.32. The lowest BCUT2D eigenvalue weighted by Crippen LogP contribution is -2.20. The molecule has 17 heavy (non-hydrogen) atoms. The zero-order chi connectivity index (χ0) is 13.1. The maximum atomic E-state index is 12.2. The molecule has 0 aliphatic rings. The summed E-state index contributed by atoms with van der Waals surface area (Å²) in [6.07, 6.45) is -3.67. The molecule has 0 radical (unpaired) electrons. The molecule has 92 valence electrons. The molecule has 0 aliphatic heterocycles. The van der Waals surface area contributed by atoms with E-state index in [1.54, 1.807) is 6.07 Å². The molecule has 0 saturated heterocycles. The van der Waals surface area contributed by atoms with Gasteiger partial charge >= 0.3 is 6.36 Å². The molecular formula is C10H10F3N3O. The Bertz CT molecular complexity index is 451. The van der Waals surface area contributed by atoms with Crippen molar-refractivity contribution in [3.05, 3.63) is 23.0 Å². The van der Waals surface area contributed by atoms with Crippen LogP contribution in [0.25, 0.3) is 0 Å². The molecule has 1 aromatic heterocycles. The van der Waals surface area contributed by atoms with E-state index >= 15 is 0 Å². The monoisotopic (exact) mass is 245 g/mol. The van der Waals surface area contributed by atoms with Crippen molar-refractivity contribution in [2.75, 3.05) is 0 Å². The van der Waals surface area contributed by atoms with E-state index in [1.165, 1.54) is 13.1 Å². The van der Waals surface area contributed by atoms with Gasteiger partial charge in [-0.05, 0) is 12.5 Å². The van der Waals surface area contributed by atoms with Gasteiger partial charge in [-0.3, -0.25) is 4.98 Å². The predicted molar refractivity (Wildman–Crippen MR) is 52.9 cm³/mol. The SMILES string of the molecule is Cc1ncc(CN)c(CC#N)c1OC(F)(F)F. The van der Waals surface area contributed by atoms with Crippen molar-refractivity contribution in [3.63, 3.8) is 0 Å². The molecule has 0 saturated carbocycles. The molecule has 1 heterocycles. The number of pyridine rings is 1. The van der Waals surface area contributed by atoms with Gasteiger partial charge in [-0.25, -0.2) is 0 Å². The van der Waals surface area contributed by atoms with Crippen LogP contribution >= 0.6 is 0 Å². The summed E-state index contributed by atoms with van der Waals surface area (Å²) in [6.45, 7) is 1.38. The average Bonchev–Trinajstić information content (AvgIpc) is 2.22. The molecule has 0 aromatic carbocycles. The normalized spacial score (nSPS) is 11.1. The highest BCUT2D eigenvalue weighted by molar-refractivity contribution is 5.43. The molecule has 0 atom stereocenters. The molecular weight excluding hydrogens is 235 g/mol. The van der Waals surface area contributed by atoms with E-state index in [-0.39, 0.29) is 24.2 Å². The highest BCUT2D eigenvalue weighted by Crippen LogP contribution is 2.30. The number of nitrogens with zero attached hydrogens (tertiary/aromatic N) is 2. The van der Waals surface area contributed by atoms with Crippen molar-refractivity contribution >= 4 is 0 Å². The van der Waals surface area contributed by atoms with Gasteiger partial charge in [0.25, 0.3) is 0 Å². The van der Waals surface area contributed by atoms with Gasteiger partial charge in [0, 0.05) is 18.3 Å². The molecule has 4 nitrogen and oxygen atoms in total. The number of halogens is 3. The Morgan fingerprint density at radius 2 is 2.18 bits per heavy atom. The van der Waals surface area contributed by atoms with Gasteiger partial charge < -0.3 is 10.5 Å². The fourth-order valence-electron chi connectivity index (χ4n) is 1.38. The van der Waals surface area contributed by atoms with Crippen molar-refractivity contribution in [1.29, 1.82) is 5.26 Å². The highest BCUT2D eigenvalue weighted by atomic mass is 19.4. The Morgan fingerprint density at radius 3 is 2.65 bits per heavy atom. The van der Waals surface area contributed by atoms with E-state index in [0.717, 1.165) is 0 Å². The maximum absolute atomic E-state index is 12.2. The first-order chi connectivity index (χ1) is 7.89. The van der Waals surface area contributed by atoms with E-state index in [9.17, 15) is 13.2 Å². The lowest BCUT2D eigenvalue weighted by atomic mass is 10.1. The second-order valence-corrected chi connectivity index (χ2v) is 3.26. The Balaban J connectivity index is 3.29. The highest BCUT2D eigenvalue weighted by Gasteiger charge is 2.33. The van der Waals surface area contributed by atoms with Crippen LogP contribution in [-0.2, 0) is 13.0 Å². The van der Waals surface area contributed by atoms with E-state index in [0.29, 0.717) is 5.56 Å². The molecule has 1 rings (SSSR count). The Morgan fingerprint density at radius 1 is 1.53 bits per heavy atom. The van der Waals surface area contributed by atoms with Crippen molar-refractivity contribution in [2.24, 2.45) is 5.73 Å². The van der Waals surface area contributed by atoms with Crippen molar-refractivity contribution in [1.82, 2.24) is 4.98 Å². The quantitative estimate of drug-likeness (QED) is 0.881. The van der Waals surface area contributed by atoms with Gasteiger partial charge in [-0.15, -0.1) is 13.2 Å². The van der Waals surface area contributed by atoms with Crippen LogP contribution in [0.2, 0.25) is 0 Å². The fraction of sp³-hybridized carbons (Fsp3) is 0.400. The molecule has 7 heteroatoms. The van der Waals surface area contributed by atoms with Crippen LogP contribution < -0.4 is 10.5 Å². The van der Waals surface area contributed by atoms with Gasteiger partial charge in [-0.2, -0.15) is 5.26 Å². The van der Waals surface area contributed by atoms with Gasteiger partial charge in [0.15, 0.2) is 5.75 Å². The first-order valence-corrected chi connectivity index (χ1v) is 4.69. The van der Waals surface area contributed by atoms with Crippen LogP contribution in [-0.4, -0.2) is 11.3 Å². The van der Waals surface area contributed by atoms with Crippen LogP contribution in [0.15, 0.2) is 6.20 Å². The number of aromatic nitrogens is 1. The third-order valence-corrected chi connectivity index (χ3v) is 2.10. The second kappa shape index (κ2) is 5.01. The molecule has 0 amide bonds. The first kappa shape index (κ1) is 13.3. The molecule has 0 spiro atoms. The van der Waals surface area contributed by atoms with Gasteiger partial charge in [0.1, 0.15) is 0 Å². The minimum Gasteiger partial charge on any atom is -0.404 e. The topological polar surface area (TPSA) is 71.9 Å². The third-order valence-electron chi connectivity index (χ3n) is 2.10. The van der Waals surface area contributed by atoms with E-state index in [4.69, 9.17) is 11.0 Å². The smallest absolute Gasteiger partial charge is 0.404 e. The Hall–Kier alpha value is -1.81. The lowest BCUT2D eigenvalue weighted by molar-refractivity contribution is -0.275. The van der Waals surface area contributed by atoms with Gasteiger partial charge in [-0.1, -0.05) is 0 Å². The zero-order valence-corrected chi connectivity index (χ0v) is 9.01. The summed E-state index contributed by atoms with van der Waals surface area (Å²) < 4.78 is 40.5. The summed E-state index contributed by atoms with van der Waals surface area (Å²) in [5.41, 5.74) is 5.96. The van der Waals surface area contributed by atoms with E-state index in [1.807, 2.05) is 0 Å². The largest absolute Gasteiger partial charge is 0.573 e. The number of alkyl halides is 3. The summed E-state index contributed by atoms with van der Waals surface area (Å²) in [5, 5.41) is 8.61. The van der Waals surface area contributed by atoms with Crippen LogP contribution in [0.3, 0.4) is 0 Å². The van der Waals surface area contributed by atoms with Crippen LogP contribution in [0.4, 0.5) is 13.2 Å². The van der Waals surface area contributed by atoms with E-state index < -0.39 is 12.1 Å². The molecule has 0 aliphatic carbocycles. The minimum absolute atomic E-state index is 0.00148. The number of hydrogen-bond donors (Lipinski definition) is 1. The van der Waals surface area contributed by atoms with Gasteiger partial charge in [0.05, 0.1) is 18.2 Å². The number of nitriles is 1. The number of rotatable bonds is 3. The minimum atomic E-state index is -4.82. The summed E-state index contributed by atoms with van der Waals surface area (Å²) in [6, 6.07) is 1.78. The summed E-state index contributed by atoms with van der Waals surface area (Å²) >= 11 is 0. The summed E-state index contributed by atoms with van der Waals surface area (Å²) in [4.78, 5) is 3.76. The summed E-state index contributed by atoms with van der Waals surface area (Å²) in [5.74, 6) is -0.429. The Labute approximate surface area is 95.8 Å². The fourth-order valence-corrected chi connectivity index (χ4v) is 1.38. The van der Waals surface area contributed by atoms with Crippen LogP contribution in [0.5, 0.6) is 5.75 Å². The number of aryl methyl sites for hydroxylation is 1. The zero-order valence-electron chi connectivity index (χ0n) is 9.01. The molecule has 0 bridgehead atoms. The molecule has 1 aromatic rings. The van der Waals surface area contributed by atoms with Crippen LogP contribution in [0, 0.1) is 18.3 Å². The summed E-state index contributed by atoms with van der Waals surface area (Å²) in [7, 11) is 0. The van der Waals surface area contributed by atoms with Crippen molar-refractivity contribution < 1.29 is 17.9 Å². The van der Waals surface area contributed by atoms with Crippen molar-refractivity contribution in [2.45, 2.75) is 26.3 Å². The Kier molecular flexibility index (Phi) is 3.91. The molecule has 2 N–H and O–H groups in total. The van der Waals surface area contributed by atoms with Crippen molar-refractivity contribution in [3.8, 4) is 11.8 Å². The lowest BCUT2D eigenvalue weighted by Gasteiger charge is -2.16. The first-order valence-electron chi connectivity index (χ1n) is 4.69. The second-order valence-electron chi connectivity index (χ2n) is 3.26. The average molecular weight is 245 g/mol. The maximum Gasteiger partial charge on any atom is 0.573 e. The number of nitrogens with two attached hydrogens (primary N) is 1. The van der Waals surface area contributed by atoms with Crippen LogP contribution in [0.1, 0.15) is 16.8 Å². The predicted octanol–water partition coefficient (Wildman–Crippen LogP) is 1.81. The van der Waals surface area contributed by atoms with E-state index in [2.05, 4.69) is 9.72 Å². The molecule has 0 fully saturated rings. The standard InChI is InChI=1S/C10H10F3N3O/c1-6-9(17-10(11,12)13)8(2-3-14)7(4-15)5-16-6/h5H,2,4,15H2,1H3. The van der Waals surface area contributed by atoms with Gasteiger partial charge in [0.2, 0.25) is 0 Å². The number of ether oxygens (including phenoxy) is 1. The molecule has 0 unspecified atom stereocenters. The number of hydrogen-bond acceptors (Lipinski definition) is 4.